The van der Waals surface area contributed by atoms with Gasteiger partial charge in [-0.3, -0.25) is 9.69 Å². The molecule has 2 N–H and O–H groups in total. The highest BCUT2D eigenvalue weighted by molar-refractivity contribution is 5.81. The quantitative estimate of drug-likeness (QED) is 0.328. The Bertz CT molecular complexity index is 631. The molecule has 29 heavy (non-hydrogen) atoms. The maximum absolute atomic E-state index is 12.2. The molecule has 1 atom stereocenters. The number of aldehydes is 1. The van der Waals surface area contributed by atoms with Crippen molar-refractivity contribution in [2.45, 2.75) is 64.0 Å². The van der Waals surface area contributed by atoms with Gasteiger partial charge in [-0.2, -0.15) is 0 Å². The lowest BCUT2D eigenvalue weighted by atomic mass is 9.98. The number of benzene rings is 1. The van der Waals surface area contributed by atoms with E-state index in [1.54, 1.807) is 7.05 Å². The third kappa shape index (κ3) is 9.37. The lowest BCUT2D eigenvalue weighted by Gasteiger charge is -2.27. The number of hydrogen-bond acceptors (Lipinski definition) is 4. The Labute approximate surface area is 176 Å². The molecule has 162 valence electrons. The zero-order valence-electron chi connectivity index (χ0n) is 18.5. The SMILES string of the molecule is C=Cc1ccc(CCCCCCCNC)cc1CN(C)C(CCC=O)C(=O)NC. The highest BCUT2D eigenvalue weighted by Crippen LogP contribution is 2.19. The molecule has 1 amide bonds. The van der Waals surface area contributed by atoms with Crippen molar-refractivity contribution in [2.75, 3.05) is 27.7 Å². The smallest absolute Gasteiger partial charge is 0.237 e. The van der Waals surface area contributed by atoms with Gasteiger partial charge in [0, 0.05) is 20.0 Å². The molecule has 0 aliphatic heterocycles. The first-order valence-corrected chi connectivity index (χ1v) is 10.8. The third-order valence-electron chi connectivity index (χ3n) is 5.38. The van der Waals surface area contributed by atoms with Crippen LogP contribution in [0.4, 0.5) is 0 Å². The third-order valence-corrected chi connectivity index (χ3v) is 5.38. The Kier molecular flexibility index (Phi) is 12.9. The van der Waals surface area contributed by atoms with E-state index in [-0.39, 0.29) is 11.9 Å². The fourth-order valence-electron chi connectivity index (χ4n) is 3.63. The first-order valence-electron chi connectivity index (χ1n) is 10.8. The van der Waals surface area contributed by atoms with Gasteiger partial charge in [0.2, 0.25) is 5.91 Å². The Morgan fingerprint density at radius 1 is 1.17 bits per heavy atom. The van der Waals surface area contributed by atoms with E-state index in [1.165, 1.54) is 43.2 Å². The number of amides is 1. The zero-order chi connectivity index (χ0) is 21.5. The van der Waals surface area contributed by atoms with Crippen molar-refractivity contribution >= 4 is 18.3 Å². The topological polar surface area (TPSA) is 61.4 Å². The van der Waals surface area contributed by atoms with Gasteiger partial charge in [-0.15, -0.1) is 0 Å². The predicted molar refractivity (Wildman–Crippen MR) is 122 cm³/mol. The Morgan fingerprint density at radius 2 is 1.90 bits per heavy atom. The highest BCUT2D eigenvalue weighted by atomic mass is 16.2. The summed E-state index contributed by atoms with van der Waals surface area (Å²) in [7, 11) is 5.58. The number of likely N-dealkylation sites (N-methyl/N-ethyl adjacent to an activating group) is 2. The van der Waals surface area contributed by atoms with E-state index in [0.29, 0.717) is 19.4 Å². The maximum Gasteiger partial charge on any atom is 0.237 e. The van der Waals surface area contributed by atoms with Gasteiger partial charge in [-0.05, 0) is 63.0 Å². The van der Waals surface area contributed by atoms with Crippen molar-refractivity contribution in [3.63, 3.8) is 0 Å². The molecular weight excluding hydrogens is 362 g/mol. The van der Waals surface area contributed by atoms with E-state index in [1.807, 2.05) is 25.1 Å². The Hall–Kier alpha value is -1.98. The summed E-state index contributed by atoms with van der Waals surface area (Å²) in [5.41, 5.74) is 3.60. The number of aryl methyl sites for hydroxylation is 1. The van der Waals surface area contributed by atoms with Gasteiger partial charge in [-0.25, -0.2) is 0 Å². The zero-order valence-corrected chi connectivity index (χ0v) is 18.5. The van der Waals surface area contributed by atoms with Crippen LogP contribution in [0.1, 0.15) is 61.6 Å². The summed E-state index contributed by atoms with van der Waals surface area (Å²) in [6.07, 6.45) is 11.0. The lowest BCUT2D eigenvalue weighted by Crippen LogP contribution is -2.43. The molecule has 0 fully saturated rings. The van der Waals surface area contributed by atoms with Gasteiger partial charge < -0.3 is 15.4 Å². The Morgan fingerprint density at radius 3 is 2.55 bits per heavy atom. The number of carbonyl (C=O) groups excluding carboxylic acids is 2. The van der Waals surface area contributed by atoms with Crippen molar-refractivity contribution in [3.05, 3.63) is 41.5 Å². The highest BCUT2D eigenvalue weighted by Gasteiger charge is 2.22. The molecule has 0 aliphatic carbocycles. The number of nitrogens with zero attached hydrogens (tertiary/aromatic N) is 1. The maximum atomic E-state index is 12.2. The number of hydrogen-bond donors (Lipinski definition) is 2. The van der Waals surface area contributed by atoms with Crippen LogP contribution in [-0.4, -0.2) is 50.8 Å². The van der Waals surface area contributed by atoms with Crippen LogP contribution in [-0.2, 0) is 22.6 Å². The van der Waals surface area contributed by atoms with E-state index in [4.69, 9.17) is 0 Å². The summed E-state index contributed by atoms with van der Waals surface area (Å²) >= 11 is 0. The van der Waals surface area contributed by atoms with E-state index in [9.17, 15) is 9.59 Å². The van der Waals surface area contributed by atoms with Gasteiger partial charge in [-0.1, -0.05) is 50.1 Å². The minimum absolute atomic E-state index is 0.0519. The molecule has 1 aromatic rings. The Balaban J connectivity index is 2.70. The monoisotopic (exact) mass is 401 g/mol. The molecule has 5 heteroatoms. The molecule has 0 aliphatic rings. The van der Waals surface area contributed by atoms with Crippen LogP contribution in [0.5, 0.6) is 0 Å². The number of rotatable bonds is 16. The van der Waals surface area contributed by atoms with Crippen LogP contribution >= 0.6 is 0 Å². The molecule has 0 saturated heterocycles. The van der Waals surface area contributed by atoms with Crippen LogP contribution in [0, 0.1) is 0 Å². The summed E-state index contributed by atoms with van der Waals surface area (Å²) in [5, 5.41) is 5.90. The first-order chi connectivity index (χ1) is 14.1. The van der Waals surface area contributed by atoms with Crippen molar-refractivity contribution in [1.29, 1.82) is 0 Å². The average Bonchev–Trinajstić information content (AvgIpc) is 2.73. The van der Waals surface area contributed by atoms with Crippen molar-refractivity contribution in [2.24, 2.45) is 0 Å². The molecule has 0 heterocycles. The molecule has 1 aromatic carbocycles. The number of nitrogens with one attached hydrogen (secondary N) is 2. The second kappa shape index (κ2) is 14.9. The first kappa shape index (κ1) is 25.1. The summed E-state index contributed by atoms with van der Waals surface area (Å²) in [6, 6.07) is 6.24. The van der Waals surface area contributed by atoms with Gasteiger partial charge in [0.1, 0.15) is 6.29 Å². The summed E-state index contributed by atoms with van der Waals surface area (Å²) in [5.74, 6) is -0.0519. The molecule has 0 spiro atoms. The van der Waals surface area contributed by atoms with Crippen LogP contribution in [0.3, 0.4) is 0 Å². The van der Waals surface area contributed by atoms with Crippen molar-refractivity contribution in [3.8, 4) is 0 Å². The van der Waals surface area contributed by atoms with E-state index in [2.05, 4.69) is 35.4 Å². The fraction of sp³-hybridized carbons (Fsp3) is 0.583. The molecular formula is C24H39N3O2. The predicted octanol–water partition coefficient (Wildman–Crippen LogP) is 3.57. The van der Waals surface area contributed by atoms with Crippen molar-refractivity contribution in [1.82, 2.24) is 15.5 Å². The molecule has 0 bridgehead atoms. The van der Waals surface area contributed by atoms with Gasteiger partial charge >= 0.3 is 0 Å². The molecule has 5 nitrogen and oxygen atoms in total. The van der Waals surface area contributed by atoms with E-state index < -0.39 is 0 Å². The van der Waals surface area contributed by atoms with E-state index >= 15 is 0 Å². The van der Waals surface area contributed by atoms with Crippen molar-refractivity contribution < 1.29 is 9.59 Å². The van der Waals surface area contributed by atoms with Crippen LogP contribution in [0.15, 0.2) is 24.8 Å². The molecule has 1 rings (SSSR count). The van der Waals surface area contributed by atoms with Gasteiger partial charge in [0.15, 0.2) is 0 Å². The summed E-state index contributed by atoms with van der Waals surface area (Å²) in [4.78, 5) is 25.0. The molecule has 0 radical (unpaired) electrons. The number of carbonyl (C=O) groups is 2. The minimum atomic E-state index is -0.316. The lowest BCUT2D eigenvalue weighted by molar-refractivity contribution is -0.126. The number of unbranched alkanes of at least 4 members (excludes halogenated alkanes) is 4. The van der Waals surface area contributed by atoms with Gasteiger partial charge in [0.05, 0.1) is 6.04 Å². The second-order valence-corrected chi connectivity index (χ2v) is 7.65. The van der Waals surface area contributed by atoms with Crippen LogP contribution < -0.4 is 10.6 Å². The van der Waals surface area contributed by atoms with Crippen LogP contribution in [0.2, 0.25) is 0 Å². The van der Waals surface area contributed by atoms with Gasteiger partial charge in [0.25, 0.3) is 0 Å². The normalized spacial score (nSPS) is 12.0. The fourth-order valence-corrected chi connectivity index (χ4v) is 3.63. The molecule has 0 aromatic heterocycles. The van der Waals surface area contributed by atoms with E-state index in [0.717, 1.165) is 24.8 Å². The average molecular weight is 402 g/mol. The molecule has 1 unspecified atom stereocenters. The largest absolute Gasteiger partial charge is 0.358 e. The standard InChI is InChI=1S/C24H39N3O2/c1-5-21-15-14-20(12-9-7-6-8-10-16-25-2)18-22(21)19-27(4)23(13-11-17-28)24(29)26-3/h5,14-15,17-18,23,25H,1,6-13,16,19H2,2-4H3,(H,26,29). The summed E-state index contributed by atoms with van der Waals surface area (Å²) in [6.45, 7) is 5.69. The summed E-state index contributed by atoms with van der Waals surface area (Å²) < 4.78 is 0. The second-order valence-electron chi connectivity index (χ2n) is 7.65. The van der Waals surface area contributed by atoms with Crippen LogP contribution in [0.25, 0.3) is 6.08 Å². The minimum Gasteiger partial charge on any atom is -0.358 e. The molecule has 0 saturated carbocycles.